The van der Waals surface area contributed by atoms with Crippen molar-refractivity contribution < 1.29 is 4.79 Å². The Morgan fingerprint density at radius 3 is 2.94 bits per heavy atom. The average molecular weight is 268 g/mol. The smallest absolute Gasteiger partial charge is 0.271 e. The highest BCUT2D eigenvalue weighted by molar-refractivity contribution is 7.07. The number of nitrogens with zero attached hydrogens (tertiary/aromatic N) is 2. The molecule has 17 heavy (non-hydrogen) atoms. The molecule has 0 aromatic carbocycles. The fourth-order valence-corrected chi connectivity index (χ4v) is 2.08. The molecular weight excluding hydrogens is 258 g/mol. The Balaban J connectivity index is 1.83. The Morgan fingerprint density at radius 2 is 2.29 bits per heavy atom. The Morgan fingerprint density at radius 1 is 1.41 bits per heavy atom. The monoisotopic (exact) mass is 267 g/mol. The van der Waals surface area contributed by atoms with E-state index in [4.69, 9.17) is 11.6 Å². The summed E-state index contributed by atoms with van der Waals surface area (Å²) in [4.78, 5) is 19.3. The molecule has 0 radical (unpaired) electrons. The third kappa shape index (κ3) is 3.51. The summed E-state index contributed by atoms with van der Waals surface area (Å²) in [6, 6.07) is 2.04. The number of carbonyl (C=O) groups is 1. The van der Waals surface area contributed by atoms with Gasteiger partial charge in [0.2, 0.25) is 0 Å². The van der Waals surface area contributed by atoms with Crippen molar-refractivity contribution in [2.24, 2.45) is 0 Å². The van der Waals surface area contributed by atoms with E-state index < -0.39 is 0 Å². The first kappa shape index (κ1) is 12.0. The molecule has 2 aromatic rings. The molecule has 0 saturated heterocycles. The lowest BCUT2D eigenvalue weighted by atomic mass is 10.2. The number of nitrogens with one attached hydrogen (secondary N) is 1. The highest BCUT2D eigenvalue weighted by Crippen LogP contribution is 2.06. The van der Waals surface area contributed by atoms with Crippen LogP contribution in [0.3, 0.4) is 0 Å². The molecule has 4 nitrogen and oxygen atoms in total. The first-order valence-corrected chi connectivity index (χ1v) is 6.34. The minimum absolute atomic E-state index is 0.232. The SMILES string of the molecule is O=C(NCCc1ccsc1)c1cnc(Cl)cn1. The van der Waals surface area contributed by atoms with Crippen molar-refractivity contribution in [2.45, 2.75) is 6.42 Å². The Hall–Kier alpha value is -1.46. The van der Waals surface area contributed by atoms with E-state index in [1.165, 1.54) is 18.0 Å². The van der Waals surface area contributed by atoms with Gasteiger partial charge in [-0.15, -0.1) is 0 Å². The van der Waals surface area contributed by atoms with Crippen molar-refractivity contribution in [2.75, 3.05) is 6.54 Å². The first-order valence-electron chi connectivity index (χ1n) is 5.02. The molecule has 0 spiro atoms. The molecule has 0 aliphatic rings. The van der Waals surface area contributed by atoms with Crippen LogP contribution in [-0.4, -0.2) is 22.4 Å². The van der Waals surface area contributed by atoms with Gasteiger partial charge in [0, 0.05) is 6.54 Å². The van der Waals surface area contributed by atoms with Crippen LogP contribution < -0.4 is 5.32 Å². The molecule has 6 heteroatoms. The zero-order chi connectivity index (χ0) is 12.1. The maximum Gasteiger partial charge on any atom is 0.271 e. The van der Waals surface area contributed by atoms with Gasteiger partial charge >= 0.3 is 0 Å². The van der Waals surface area contributed by atoms with Crippen molar-refractivity contribution in [1.82, 2.24) is 15.3 Å². The van der Waals surface area contributed by atoms with Crippen LogP contribution in [0.2, 0.25) is 5.15 Å². The number of amides is 1. The van der Waals surface area contributed by atoms with E-state index in [1.807, 2.05) is 11.4 Å². The number of aromatic nitrogens is 2. The zero-order valence-electron chi connectivity index (χ0n) is 8.89. The fourth-order valence-electron chi connectivity index (χ4n) is 1.28. The maximum absolute atomic E-state index is 11.6. The topological polar surface area (TPSA) is 54.9 Å². The summed E-state index contributed by atoms with van der Waals surface area (Å²) in [6.07, 6.45) is 3.54. The second-order valence-electron chi connectivity index (χ2n) is 3.36. The summed E-state index contributed by atoms with van der Waals surface area (Å²) in [5, 5.41) is 7.13. The second-order valence-corrected chi connectivity index (χ2v) is 4.53. The van der Waals surface area contributed by atoms with Crippen molar-refractivity contribution in [3.8, 4) is 0 Å². The molecule has 0 bridgehead atoms. The third-order valence-corrected chi connectivity index (χ3v) is 3.06. The number of halogens is 1. The van der Waals surface area contributed by atoms with E-state index in [-0.39, 0.29) is 16.8 Å². The zero-order valence-corrected chi connectivity index (χ0v) is 10.5. The number of hydrogen-bond donors (Lipinski definition) is 1. The van der Waals surface area contributed by atoms with Crippen LogP contribution in [-0.2, 0) is 6.42 Å². The van der Waals surface area contributed by atoms with Crippen LogP contribution in [0.4, 0.5) is 0 Å². The summed E-state index contributed by atoms with van der Waals surface area (Å²) in [6.45, 7) is 0.583. The van der Waals surface area contributed by atoms with Gasteiger partial charge in [0.05, 0.1) is 12.4 Å². The largest absolute Gasteiger partial charge is 0.350 e. The highest BCUT2D eigenvalue weighted by Gasteiger charge is 2.06. The van der Waals surface area contributed by atoms with Crippen molar-refractivity contribution in [1.29, 1.82) is 0 Å². The van der Waals surface area contributed by atoms with E-state index in [0.29, 0.717) is 6.54 Å². The van der Waals surface area contributed by atoms with E-state index in [2.05, 4.69) is 20.7 Å². The normalized spacial score (nSPS) is 10.2. The molecule has 0 aliphatic heterocycles. The minimum Gasteiger partial charge on any atom is -0.350 e. The Labute approximate surface area is 108 Å². The molecule has 0 unspecified atom stereocenters. The Kier molecular flexibility index (Phi) is 4.06. The summed E-state index contributed by atoms with van der Waals surface area (Å²) >= 11 is 7.23. The molecule has 0 atom stereocenters. The maximum atomic E-state index is 11.6. The molecule has 1 amide bonds. The number of hydrogen-bond acceptors (Lipinski definition) is 4. The van der Waals surface area contributed by atoms with Crippen LogP contribution >= 0.6 is 22.9 Å². The summed E-state index contributed by atoms with van der Waals surface area (Å²) in [7, 11) is 0. The fraction of sp³-hybridized carbons (Fsp3) is 0.182. The van der Waals surface area contributed by atoms with Crippen LogP contribution in [0.5, 0.6) is 0 Å². The van der Waals surface area contributed by atoms with Gasteiger partial charge in [-0.3, -0.25) is 4.79 Å². The van der Waals surface area contributed by atoms with E-state index >= 15 is 0 Å². The van der Waals surface area contributed by atoms with Gasteiger partial charge < -0.3 is 5.32 Å². The standard InChI is InChI=1S/C11H10ClN3OS/c12-10-6-14-9(5-15-10)11(16)13-3-1-8-2-4-17-7-8/h2,4-7H,1,3H2,(H,13,16). The second kappa shape index (κ2) is 5.75. The van der Waals surface area contributed by atoms with Crippen LogP contribution in [0.1, 0.15) is 16.1 Å². The lowest BCUT2D eigenvalue weighted by molar-refractivity contribution is 0.0949. The lowest BCUT2D eigenvalue weighted by Gasteiger charge is -2.03. The quantitative estimate of drug-likeness (QED) is 0.924. The number of carbonyl (C=O) groups excluding carboxylic acids is 1. The molecule has 2 rings (SSSR count). The molecular formula is C11H10ClN3OS. The third-order valence-electron chi connectivity index (χ3n) is 2.13. The minimum atomic E-state index is -0.232. The summed E-state index contributed by atoms with van der Waals surface area (Å²) in [5.41, 5.74) is 1.50. The van der Waals surface area contributed by atoms with E-state index in [9.17, 15) is 4.79 Å². The molecule has 0 saturated carbocycles. The predicted octanol–water partition coefficient (Wildman–Crippen LogP) is 2.16. The highest BCUT2D eigenvalue weighted by atomic mass is 35.5. The van der Waals surface area contributed by atoms with Crippen LogP contribution in [0, 0.1) is 0 Å². The number of thiophene rings is 1. The van der Waals surface area contributed by atoms with E-state index in [0.717, 1.165) is 6.42 Å². The van der Waals surface area contributed by atoms with Crippen molar-refractivity contribution in [3.05, 3.63) is 45.6 Å². The van der Waals surface area contributed by atoms with Gasteiger partial charge in [-0.1, -0.05) is 11.6 Å². The summed E-state index contributed by atoms with van der Waals surface area (Å²) in [5.74, 6) is -0.232. The van der Waals surface area contributed by atoms with Gasteiger partial charge in [-0.2, -0.15) is 11.3 Å². The van der Waals surface area contributed by atoms with Gasteiger partial charge in [0.1, 0.15) is 10.8 Å². The van der Waals surface area contributed by atoms with Crippen molar-refractivity contribution >= 4 is 28.8 Å². The summed E-state index contributed by atoms with van der Waals surface area (Å²) < 4.78 is 0. The van der Waals surface area contributed by atoms with E-state index in [1.54, 1.807) is 11.3 Å². The van der Waals surface area contributed by atoms with Gasteiger partial charge in [-0.05, 0) is 28.8 Å². The predicted molar refractivity (Wildman–Crippen MR) is 67.4 cm³/mol. The molecule has 2 aromatic heterocycles. The molecule has 1 N–H and O–H groups in total. The number of rotatable bonds is 4. The van der Waals surface area contributed by atoms with Crippen LogP contribution in [0.15, 0.2) is 29.2 Å². The Bertz CT molecular complexity index is 484. The molecule has 2 heterocycles. The first-order chi connectivity index (χ1) is 8.25. The van der Waals surface area contributed by atoms with Crippen LogP contribution in [0.25, 0.3) is 0 Å². The lowest BCUT2D eigenvalue weighted by Crippen LogP contribution is -2.26. The van der Waals surface area contributed by atoms with Gasteiger partial charge in [-0.25, -0.2) is 9.97 Å². The molecule has 88 valence electrons. The average Bonchev–Trinajstić information content (AvgIpc) is 2.83. The van der Waals surface area contributed by atoms with Gasteiger partial charge in [0.15, 0.2) is 0 Å². The molecule has 0 aliphatic carbocycles. The molecule has 0 fully saturated rings. The van der Waals surface area contributed by atoms with Gasteiger partial charge in [0.25, 0.3) is 5.91 Å². The van der Waals surface area contributed by atoms with Crippen molar-refractivity contribution in [3.63, 3.8) is 0 Å².